The van der Waals surface area contributed by atoms with Gasteiger partial charge in [0.15, 0.2) is 0 Å². The second-order valence-corrected chi connectivity index (χ2v) is 5.09. The maximum Gasteiger partial charge on any atom is 0.0803 e. The molecule has 0 heterocycles. The normalized spacial score (nSPS) is 16.3. The first-order valence-electron chi connectivity index (χ1n) is 6.89. The Balaban J connectivity index is 2.78. The van der Waals surface area contributed by atoms with E-state index < -0.39 is 0 Å². The van der Waals surface area contributed by atoms with E-state index in [9.17, 15) is 0 Å². The molecule has 0 bridgehead atoms. The van der Waals surface area contributed by atoms with Gasteiger partial charge in [-0.15, -0.1) is 0 Å². The van der Waals surface area contributed by atoms with Gasteiger partial charge in [0.1, 0.15) is 0 Å². The second kappa shape index (κ2) is 6.91. The zero-order valence-corrected chi connectivity index (χ0v) is 12.4. The van der Waals surface area contributed by atoms with Crippen LogP contribution in [0.2, 0.25) is 0 Å². The lowest BCUT2D eigenvalue weighted by Gasteiger charge is -2.35. The first kappa shape index (κ1) is 15.2. The van der Waals surface area contributed by atoms with Crippen LogP contribution in [0, 0.1) is 0 Å². The van der Waals surface area contributed by atoms with Crippen LogP contribution >= 0.6 is 0 Å². The minimum absolute atomic E-state index is 0.113. The molecule has 2 unspecified atom stereocenters. The third kappa shape index (κ3) is 3.56. The molecule has 0 saturated carbocycles. The summed E-state index contributed by atoms with van der Waals surface area (Å²) in [5, 5.41) is 3.40. The molecular weight excluding hydrogens is 222 g/mol. The number of hydrogen-bond acceptors (Lipinski definition) is 2. The summed E-state index contributed by atoms with van der Waals surface area (Å²) in [6.07, 6.45) is 3.10. The topological polar surface area (TPSA) is 21.3 Å². The Morgan fingerprint density at radius 2 is 1.72 bits per heavy atom. The van der Waals surface area contributed by atoms with Crippen LogP contribution in [-0.4, -0.2) is 25.8 Å². The molecule has 2 atom stereocenters. The van der Waals surface area contributed by atoms with Gasteiger partial charge in [-0.3, -0.25) is 0 Å². The summed E-state index contributed by atoms with van der Waals surface area (Å²) in [5.74, 6) is 0. The van der Waals surface area contributed by atoms with Gasteiger partial charge in [0.2, 0.25) is 0 Å². The van der Waals surface area contributed by atoms with Crippen LogP contribution in [0.1, 0.15) is 38.3 Å². The maximum atomic E-state index is 5.69. The van der Waals surface area contributed by atoms with E-state index in [1.54, 1.807) is 7.11 Å². The van der Waals surface area contributed by atoms with Crippen LogP contribution < -0.4 is 5.32 Å². The number of benzene rings is 1. The zero-order valence-electron chi connectivity index (χ0n) is 12.4. The molecule has 2 heteroatoms. The molecule has 2 nitrogen and oxygen atoms in total. The van der Waals surface area contributed by atoms with E-state index in [2.05, 4.69) is 50.4 Å². The third-order valence-electron chi connectivity index (χ3n) is 4.12. The molecule has 0 radical (unpaired) electrons. The molecule has 0 amide bonds. The summed E-state index contributed by atoms with van der Waals surface area (Å²) in [6.45, 7) is 6.53. The van der Waals surface area contributed by atoms with E-state index in [4.69, 9.17) is 4.74 Å². The van der Waals surface area contributed by atoms with Crippen molar-refractivity contribution in [2.75, 3.05) is 14.2 Å². The van der Waals surface area contributed by atoms with E-state index in [1.165, 1.54) is 11.1 Å². The van der Waals surface area contributed by atoms with Crippen molar-refractivity contribution in [2.45, 2.75) is 51.7 Å². The van der Waals surface area contributed by atoms with Gasteiger partial charge in [0, 0.05) is 13.2 Å². The number of methoxy groups -OCH3 is 1. The first-order valence-corrected chi connectivity index (χ1v) is 6.89. The number of ether oxygens (including phenoxy) is 1. The molecule has 102 valence electrons. The zero-order chi connectivity index (χ0) is 13.6. The van der Waals surface area contributed by atoms with Crippen molar-refractivity contribution in [2.24, 2.45) is 0 Å². The summed E-state index contributed by atoms with van der Waals surface area (Å²) < 4.78 is 5.69. The van der Waals surface area contributed by atoms with Crippen LogP contribution in [0.4, 0.5) is 0 Å². The fraction of sp³-hybridized carbons (Fsp3) is 0.625. The number of rotatable bonds is 7. The monoisotopic (exact) mass is 249 g/mol. The number of aryl methyl sites for hydroxylation is 1. The molecule has 0 aromatic heterocycles. The smallest absolute Gasteiger partial charge is 0.0803 e. The predicted octanol–water partition coefficient (Wildman–Crippen LogP) is 3.19. The lowest BCUT2D eigenvalue weighted by molar-refractivity contribution is -0.0268. The molecule has 0 spiro atoms. The molecule has 1 aromatic carbocycles. The fourth-order valence-electron chi connectivity index (χ4n) is 2.30. The van der Waals surface area contributed by atoms with Crippen LogP contribution in [0.15, 0.2) is 24.3 Å². The molecular formula is C16H27NO. The van der Waals surface area contributed by atoms with Gasteiger partial charge in [-0.2, -0.15) is 0 Å². The molecule has 0 fully saturated rings. The summed E-state index contributed by atoms with van der Waals surface area (Å²) in [7, 11) is 3.81. The highest BCUT2D eigenvalue weighted by Crippen LogP contribution is 2.22. The van der Waals surface area contributed by atoms with Crippen molar-refractivity contribution in [3.63, 3.8) is 0 Å². The molecule has 0 aliphatic rings. The number of likely N-dealkylation sites (N-methyl/N-ethyl adjacent to an activating group) is 1. The summed E-state index contributed by atoms with van der Waals surface area (Å²) in [4.78, 5) is 0. The second-order valence-electron chi connectivity index (χ2n) is 5.09. The number of hydrogen-bond donors (Lipinski definition) is 1. The molecule has 0 aliphatic heterocycles. The van der Waals surface area contributed by atoms with Crippen LogP contribution in [0.3, 0.4) is 0 Å². The Hall–Kier alpha value is -0.860. The van der Waals surface area contributed by atoms with Crippen molar-refractivity contribution in [1.82, 2.24) is 5.32 Å². The average Bonchev–Trinajstić information content (AvgIpc) is 2.44. The predicted molar refractivity (Wildman–Crippen MR) is 78.1 cm³/mol. The van der Waals surface area contributed by atoms with Crippen molar-refractivity contribution < 1.29 is 4.74 Å². The summed E-state index contributed by atoms with van der Waals surface area (Å²) >= 11 is 0. The quantitative estimate of drug-likeness (QED) is 0.801. The van der Waals surface area contributed by atoms with Crippen LogP contribution in [0.25, 0.3) is 0 Å². The van der Waals surface area contributed by atoms with Gasteiger partial charge in [0.25, 0.3) is 0 Å². The van der Waals surface area contributed by atoms with Crippen molar-refractivity contribution in [3.8, 4) is 0 Å². The SMILES string of the molecule is CCc1ccc(CC(NC)C(C)(CC)OC)cc1. The highest BCUT2D eigenvalue weighted by Gasteiger charge is 2.31. The standard InChI is InChI=1S/C16H27NO/c1-6-13-8-10-14(11-9-13)12-15(17-4)16(3,7-2)18-5/h8-11,15,17H,6-7,12H2,1-5H3. The van der Waals surface area contributed by atoms with Gasteiger partial charge in [0.05, 0.1) is 5.60 Å². The van der Waals surface area contributed by atoms with Gasteiger partial charge in [-0.25, -0.2) is 0 Å². The Morgan fingerprint density at radius 1 is 1.17 bits per heavy atom. The van der Waals surface area contributed by atoms with E-state index in [0.717, 1.165) is 19.3 Å². The van der Waals surface area contributed by atoms with Gasteiger partial charge in [-0.05, 0) is 44.4 Å². The molecule has 0 aliphatic carbocycles. The van der Waals surface area contributed by atoms with Crippen molar-refractivity contribution in [1.29, 1.82) is 0 Å². The minimum atomic E-state index is -0.113. The van der Waals surface area contributed by atoms with Gasteiger partial charge < -0.3 is 10.1 Å². The number of nitrogens with one attached hydrogen (secondary N) is 1. The lowest BCUT2D eigenvalue weighted by atomic mass is 9.88. The van der Waals surface area contributed by atoms with Crippen LogP contribution in [-0.2, 0) is 17.6 Å². The highest BCUT2D eigenvalue weighted by molar-refractivity contribution is 5.23. The highest BCUT2D eigenvalue weighted by atomic mass is 16.5. The Bertz CT molecular complexity index is 341. The summed E-state index contributed by atoms with van der Waals surface area (Å²) in [5.41, 5.74) is 2.64. The summed E-state index contributed by atoms with van der Waals surface area (Å²) in [6, 6.07) is 9.24. The Labute approximate surface area is 112 Å². The van der Waals surface area contributed by atoms with Crippen LogP contribution in [0.5, 0.6) is 0 Å². The molecule has 18 heavy (non-hydrogen) atoms. The minimum Gasteiger partial charge on any atom is -0.377 e. The van der Waals surface area contributed by atoms with Gasteiger partial charge in [-0.1, -0.05) is 38.1 Å². The first-order chi connectivity index (χ1) is 8.59. The van der Waals surface area contributed by atoms with E-state index in [0.29, 0.717) is 6.04 Å². The average molecular weight is 249 g/mol. The lowest BCUT2D eigenvalue weighted by Crippen LogP contribution is -2.49. The third-order valence-corrected chi connectivity index (χ3v) is 4.12. The molecule has 1 aromatic rings. The fourth-order valence-corrected chi connectivity index (χ4v) is 2.30. The van der Waals surface area contributed by atoms with E-state index in [1.807, 2.05) is 7.05 Å². The van der Waals surface area contributed by atoms with E-state index in [-0.39, 0.29) is 5.60 Å². The molecule has 1 N–H and O–H groups in total. The maximum absolute atomic E-state index is 5.69. The Morgan fingerprint density at radius 3 is 2.11 bits per heavy atom. The van der Waals surface area contributed by atoms with Crippen molar-refractivity contribution in [3.05, 3.63) is 35.4 Å². The van der Waals surface area contributed by atoms with Gasteiger partial charge >= 0.3 is 0 Å². The Kier molecular flexibility index (Phi) is 5.83. The largest absolute Gasteiger partial charge is 0.377 e. The van der Waals surface area contributed by atoms with E-state index >= 15 is 0 Å². The molecule has 0 saturated heterocycles. The van der Waals surface area contributed by atoms with Crippen molar-refractivity contribution >= 4 is 0 Å². The molecule has 1 rings (SSSR count).